The van der Waals surface area contributed by atoms with Crippen LogP contribution in [0.5, 0.6) is 0 Å². The summed E-state index contributed by atoms with van der Waals surface area (Å²) in [4.78, 5) is 14.4. The van der Waals surface area contributed by atoms with E-state index in [4.69, 9.17) is 9.97 Å². The maximum Gasteiger partial charge on any atom is 0.0802 e. The van der Waals surface area contributed by atoms with Crippen LogP contribution >= 0.6 is 0 Å². The Kier molecular flexibility index (Phi) is 6.43. The van der Waals surface area contributed by atoms with E-state index in [0.717, 1.165) is 67.0 Å². The highest BCUT2D eigenvalue weighted by Crippen LogP contribution is 2.38. The lowest BCUT2D eigenvalue weighted by Crippen LogP contribution is -1.95. The Morgan fingerprint density at radius 2 is 1.17 bits per heavy atom. The largest absolute Gasteiger partial charge is 0.309 e. The summed E-state index contributed by atoms with van der Waals surface area (Å²) in [5.41, 5.74) is 11.6. The van der Waals surface area contributed by atoms with E-state index in [1.54, 1.807) is 6.20 Å². The molecule has 0 aliphatic heterocycles. The van der Waals surface area contributed by atoms with E-state index >= 15 is 0 Å². The molecule has 0 atom stereocenters. The van der Waals surface area contributed by atoms with Gasteiger partial charge < -0.3 is 4.57 Å². The Labute approximate surface area is 272 Å². The van der Waals surface area contributed by atoms with Crippen molar-refractivity contribution in [2.45, 2.75) is 0 Å². The molecule has 220 valence electrons. The van der Waals surface area contributed by atoms with Crippen LogP contribution in [0.4, 0.5) is 0 Å². The zero-order valence-corrected chi connectivity index (χ0v) is 25.5. The van der Waals surface area contributed by atoms with Gasteiger partial charge in [-0.3, -0.25) is 9.97 Å². The maximum atomic E-state index is 5.14. The Morgan fingerprint density at radius 1 is 0.447 bits per heavy atom. The molecule has 0 saturated heterocycles. The van der Waals surface area contributed by atoms with E-state index in [1.807, 2.05) is 24.5 Å². The van der Waals surface area contributed by atoms with Gasteiger partial charge in [0.05, 0.1) is 28.1 Å². The van der Waals surface area contributed by atoms with E-state index in [2.05, 4.69) is 149 Å². The number of hydrogen-bond donors (Lipinski definition) is 0. The van der Waals surface area contributed by atoms with Crippen molar-refractivity contribution < 1.29 is 0 Å². The molecule has 0 aliphatic rings. The lowest BCUT2D eigenvalue weighted by atomic mass is 9.98. The van der Waals surface area contributed by atoms with Crippen LogP contribution in [0.1, 0.15) is 0 Å². The first-order chi connectivity index (χ1) is 23.3. The van der Waals surface area contributed by atoms with Gasteiger partial charge in [0.25, 0.3) is 0 Å². The van der Waals surface area contributed by atoms with E-state index in [0.29, 0.717) is 0 Å². The van der Waals surface area contributed by atoms with Crippen molar-refractivity contribution in [3.05, 3.63) is 170 Å². The molecule has 9 rings (SSSR count). The Morgan fingerprint density at radius 3 is 2.00 bits per heavy atom. The highest BCUT2D eigenvalue weighted by Gasteiger charge is 2.17. The summed E-state index contributed by atoms with van der Waals surface area (Å²) < 4.78 is 2.34. The summed E-state index contributed by atoms with van der Waals surface area (Å²) >= 11 is 0. The predicted octanol–water partition coefficient (Wildman–Crippen LogP) is 10.8. The molecule has 4 heteroatoms. The fourth-order valence-corrected chi connectivity index (χ4v) is 6.66. The molecule has 0 bridgehead atoms. The summed E-state index contributed by atoms with van der Waals surface area (Å²) in [6.45, 7) is 0. The van der Waals surface area contributed by atoms with Gasteiger partial charge in [-0.15, -0.1) is 0 Å². The number of aromatic nitrogens is 4. The van der Waals surface area contributed by atoms with Gasteiger partial charge >= 0.3 is 0 Å². The monoisotopic (exact) mass is 600 g/mol. The maximum absolute atomic E-state index is 5.14. The van der Waals surface area contributed by atoms with Crippen molar-refractivity contribution in [1.82, 2.24) is 19.5 Å². The topological polar surface area (TPSA) is 43.6 Å². The van der Waals surface area contributed by atoms with Crippen LogP contribution in [0.2, 0.25) is 0 Å². The molecule has 0 saturated carbocycles. The van der Waals surface area contributed by atoms with Crippen LogP contribution in [0.15, 0.2) is 170 Å². The summed E-state index contributed by atoms with van der Waals surface area (Å²) in [6, 6.07) is 53.3. The van der Waals surface area contributed by atoms with Crippen molar-refractivity contribution in [3.63, 3.8) is 0 Å². The molecule has 4 heterocycles. The second-order valence-electron chi connectivity index (χ2n) is 11.7. The molecule has 0 amide bonds. The third-order valence-corrected chi connectivity index (χ3v) is 8.92. The number of para-hydroxylation sites is 1. The predicted molar refractivity (Wildman–Crippen MR) is 193 cm³/mol. The van der Waals surface area contributed by atoms with Crippen LogP contribution in [0.3, 0.4) is 0 Å². The van der Waals surface area contributed by atoms with Crippen molar-refractivity contribution in [2.24, 2.45) is 0 Å². The zero-order chi connectivity index (χ0) is 31.2. The van der Waals surface area contributed by atoms with Crippen molar-refractivity contribution in [2.75, 3.05) is 0 Å². The fraction of sp³-hybridized carbons (Fsp3) is 0. The minimum absolute atomic E-state index is 0.895. The molecule has 0 aliphatic carbocycles. The van der Waals surface area contributed by atoms with E-state index in [1.165, 1.54) is 16.2 Å². The van der Waals surface area contributed by atoms with Gasteiger partial charge in [-0.2, -0.15) is 0 Å². The highest BCUT2D eigenvalue weighted by atomic mass is 15.0. The minimum Gasteiger partial charge on any atom is -0.309 e. The van der Waals surface area contributed by atoms with Crippen LogP contribution in [0.25, 0.3) is 83.2 Å². The summed E-state index contributed by atoms with van der Waals surface area (Å²) in [5.74, 6) is 0. The molecule has 4 nitrogen and oxygen atoms in total. The number of hydrogen-bond acceptors (Lipinski definition) is 3. The van der Waals surface area contributed by atoms with Gasteiger partial charge in [0.15, 0.2) is 0 Å². The van der Waals surface area contributed by atoms with Crippen molar-refractivity contribution in [3.8, 4) is 50.6 Å². The molecule has 0 unspecified atom stereocenters. The zero-order valence-electron chi connectivity index (χ0n) is 25.5. The van der Waals surface area contributed by atoms with Crippen LogP contribution < -0.4 is 0 Å². The molecular weight excluding hydrogens is 573 g/mol. The van der Waals surface area contributed by atoms with Crippen molar-refractivity contribution in [1.29, 1.82) is 0 Å². The fourth-order valence-electron chi connectivity index (χ4n) is 6.66. The molecule has 0 N–H and O–H groups in total. The number of benzene rings is 5. The number of rotatable bonds is 5. The smallest absolute Gasteiger partial charge is 0.0802 e. The first-order valence-corrected chi connectivity index (χ1v) is 15.8. The van der Waals surface area contributed by atoms with Gasteiger partial charge in [0, 0.05) is 51.7 Å². The lowest BCUT2D eigenvalue weighted by molar-refractivity contribution is 1.17. The Bertz CT molecular complexity index is 2550. The third kappa shape index (κ3) is 4.75. The van der Waals surface area contributed by atoms with Gasteiger partial charge in [0.1, 0.15) is 0 Å². The summed E-state index contributed by atoms with van der Waals surface area (Å²) in [6.07, 6.45) is 5.58. The SMILES string of the molecule is c1ccc(-c2nccc3c2c2ccccc2n3-c2ccc(-c3cc(-c4ccc5ccccc5c4)cc(-c4cccnc4)n3)cc2)cc1. The van der Waals surface area contributed by atoms with Gasteiger partial charge in [-0.05, 0) is 76.5 Å². The minimum atomic E-state index is 0.895. The first kappa shape index (κ1) is 27.0. The first-order valence-electron chi connectivity index (χ1n) is 15.8. The highest BCUT2D eigenvalue weighted by molar-refractivity contribution is 6.14. The summed E-state index contributed by atoms with van der Waals surface area (Å²) in [7, 11) is 0. The molecule has 9 aromatic rings. The second kappa shape index (κ2) is 11.2. The molecule has 0 radical (unpaired) electrons. The standard InChI is InChI=1S/C43H28N4/c1-2-10-31(11-3-1)43-42-37-14-6-7-15-40(37)47(41(42)22-24-45-43)36-20-18-30(19-21-36)38-26-35(27-39(46-38)34-13-8-23-44-28-34)33-17-16-29-9-4-5-12-32(29)25-33/h1-28H. The normalized spacial score (nSPS) is 11.4. The van der Waals surface area contributed by atoms with Crippen LogP contribution in [0, 0.1) is 0 Å². The quantitative estimate of drug-likeness (QED) is 0.197. The molecule has 47 heavy (non-hydrogen) atoms. The molecule has 5 aromatic carbocycles. The molecule has 0 spiro atoms. The van der Waals surface area contributed by atoms with E-state index in [9.17, 15) is 0 Å². The Hall–Kier alpha value is -6.39. The van der Waals surface area contributed by atoms with Crippen LogP contribution in [-0.4, -0.2) is 19.5 Å². The van der Waals surface area contributed by atoms with Gasteiger partial charge in [-0.25, -0.2) is 4.98 Å². The molecule has 0 fully saturated rings. The van der Waals surface area contributed by atoms with E-state index in [-0.39, 0.29) is 0 Å². The van der Waals surface area contributed by atoms with Gasteiger partial charge in [0.2, 0.25) is 0 Å². The number of pyridine rings is 3. The average Bonchev–Trinajstić information content (AvgIpc) is 3.50. The number of nitrogens with zero attached hydrogens (tertiary/aromatic N) is 4. The number of fused-ring (bicyclic) bond motifs is 4. The molecule has 4 aromatic heterocycles. The van der Waals surface area contributed by atoms with Crippen molar-refractivity contribution >= 4 is 32.6 Å². The summed E-state index contributed by atoms with van der Waals surface area (Å²) in [5, 5.41) is 4.78. The Balaban J connectivity index is 1.18. The van der Waals surface area contributed by atoms with Gasteiger partial charge in [-0.1, -0.05) is 97.1 Å². The average molecular weight is 601 g/mol. The molecular formula is C43H28N4. The van der Waals surface area contributed by atoms with Crippen LogP contribution in [-0.2, 0) is 0 Å². The lowest BCUT2D eigenvalue weighted by Gasteiger charge is -2.12. The third-order valence-electron chi connectivity index (χ3n) is 8.92. The second-order valence-corrected chi connectivity index (χ2v) is 11.7. The van der Waals surface area contributed by atoms with E-state index < -0.39 is 0 Å².